The summed E-state index contributed by atoms with van der Waals surface area (Å²) in [5.41, 5.74) is 4.45. The average Bonchev–Trinajstić information content (AvgIpc) is 2.95. The van der Waals surface area contributed by atoms with Gasteiger partial charge < -0.3 is 14.6 Å². The van der Waals surface area contributed by atoms with Crippen LogP contribution >= 0.6 is 7.75 Å². The molecule has 2 aromatic rings. The number of halogens is 2. The highest BCUT2D eigenvalue weighted by molar-refractivity contribution is 7.51. The van der Waals surface area contributed by atoms with Crippen molar-refractivity contribution in [2.75, 3.05) is 11.9 Å². The quantitative estimate of drug-likeness (QED) is 0.621. The number of carbonyl (C=O) groups excluding carboxylic acids is 1. The number of anilines is 1. The lowest BCUT2D eigenvalue weighted by Crippen LogP contribution is -2.35. The number of carbonyl (C=O) groups is 1. The molecule has 3 rings (SSSR count). The topological polar surface area (TPSA) is 135 Å². The maximum absolute atomic E-state index is 14.4. The second-order valence-corrected chi connectivity index (χ2v) is 8.02. The van der Waals surface area contributed by atoms with E-state index >= 15 is 0 Å². The molecule has 2 heterocycles. The first-order chi connectivity index (χ1) is 14.1. The summed E-state index contributed by atoms with van der Waals surface area (Å²) in [6.45, 7) is 0.669. The summed E-state index contributed by atoms with van der Waals surface area (Å²) in [6, 6.07) is 9.16. The lowest BCUT2D eigenvalue weighted by molar-refractivity contribution is -0.119. The van der Waals surface area contributed by atoms with Crippen molar-refractivity contribution in [2.45, 2.75) is 31.6 Å². The third-order valence-corrected chi connectivity index (χ3v) is 4.96. The molecule has 1 amide bonds. The first-order valence-electron chi connectivity index (χ1n) is 8.73. The van der Waals surface area contributed by atoms with E-state index in [1.165, 1.54) is 25.1 Å². The van der Waals surface area contributed by atoms with E-state index in [0.717, 1.165) is 6.20 Å². The molecular weight excluding hydrogens is 425 g/mol. The Morgan fingerprint density at radius 3 is 2.73 bits per heavy atom. The highest BCUT2D eigenvalue weighted by Gasteiger charge is 2.52. The number of amides is 1. The lowest BCUT2D eigenvalue weighted by Gasteiger charge is -2.20. The van der Waals surface area contributed by atoms with Gasteiger partial charge in [-0.1, -0.05) is 18.2 Å². The summed E-state index contributed by atoms with van der Waals surface area (Å²) >= 11 is 0. The average molecular weight is 444 g/mol. The van der Waals surface area contributed by atoms with Crippen molar-refractivity contribution >= 4 is 19.5 Å². The van der Waals surface area contributed by atoms with Crippen molar-refractivity contribution in [3.63, 3.8) is 0 Å². The molecule has 0 spiro atoms. The highest BCUT2D eigenvalue weighted by atomic mass is 31.2. The molecule has 3 atom stereocenters. The minimum absolute atomic E-state index is 0.0768. The molecule has 0 saturated carbocycles. The highest BCUT2D eigenvalue weighted by Crippen LogP contribution is 2.45. The van der Waals surface area contributed by atoms with Crippen molar-refractivity contribution in [3.05, 3.63) is 53.1 Å². The Morgan fingerprint density at radius 1 is 1.40 bits per heavy atom. The van der Waals surface area contributed by atoms with E-state index in [-0.39, 0.29) is 11.6 Å². The Balaban J connectivity index is 1.66. The zero-order valence-corrected chi connectivity index (χ0v) is 16.6. The molecule has 3 N–H and O–H groups in total. The molecule has 1 aromatic carbocycles. The minimum atomic E-state index is -4.08. The van der Waals surface area contributed by atoms with Crippen LogP contribution in [-0.2, 0) is 18.6 Å². The van der Waals surface area contributed by atoms with Crippen LogP contribution in [0.4, 0.5) is 14.6 Å². The number of para-hydroxylation sites is 1. The molecule has 1 aliphatic heterocycles. The Bertz CT molecular complexity index is 1020. The number of benzene rings is 1. The van der Waals surface area contributed by atoms with Gasteiger partial charge in [0, 0.05) is 19.5 Å². The van der Waals surface area contributed by atoms with Crippen LogP contribution in [0.3, 0.4) is 0 Å². The first-order valence-corrected chi connectivity index (χ1v) is 10.3. The van der Waals surface area contributed by atoms with Gasteiger partial charge in [0.2, 0.25) is 12.1 Å². The molecule has 0 aliphatic carbocycles. The zero-order valence-electron chi connectivity index (χ0n) is 15.7. The molecule has 1 aliphatic rings. The number of hydrogen-bond donors (Lipinski definition) is 2. The molecule has 0 bridgehead atoms. The maximum Gasteiger partial charge on any atom is 0.456 e. The Labute approximate surface area is 169 Å². The first kappa shape index (κ1) is 22.0. The van der Waals surface area contributed by atoms with Gasteiger partial charge in [0.1, 0.15) is 11.6 Å². The fraction of sp³-hybridized carbons (Fsp3) is 0.353. The number of alkyl halides is 2. The Morgan fingerprint density at radius 2 is 2.10 bits per heavy atom. The number of nitrogens with zero attached hydrogens (tertiary/aromatic N) is 2. The summed E-state index contributed by atoms with van der Waals surface area (Å²) in [4.78, 5) is 26.6. The predicted octanol–water partition coefficient (Wildman–Crippen LogP) is 2.29. The van der Waals surface area contributed by atoms with Gasteiger partial charge in [0.05, 0.1) is 12.7 Å². The van der Waals surface area contributed by atoms with E-state index in [4.69, 9.17) is 19.3 Å². The molecule has 1 fully saturated rings. The zero-order chi connectivity index (χ0) is 21.9. The normalized spacial score (nSPS) is 22.3. The molecule has 10 nitrogen and oxygen atoms in total. The summed E-state index contributed by atoms with van der Waals surface area (Å²) < 4.78 is 57.0. The van der Waals surface area contributed by atoms with Crippen LogP contribution in [0, 0.1) is 0 Å². The van der Waals surface area contributed by atoms with Gasteiger partial charge in [-0.15, -0.1) is 0 Å². The van der Waals surface area contributed by atoms with Crippen molar-refractivity contribution in [1.82, 2.24) is 9.55 Å². The van der Waals surface area contributed by atoms with Gasteiger partial charge in [0.15, 0.2) is 0 Å². The van der Waals surface area contributed by atoms with Gasteiger partial charge in [-0.2, -0.15) is 4.98 Å². The minimum Gasteiger partial charge on any atom is -0.413 e. The van der Waals surface area contributed by atoms with Crippen LogP contribution in [0.2, 0.25) is 0 Å². The van der Waals surface area contributed by atoms with Crippen molar-refractivity contribution in [1.29, 1.82) is 0 Å². The molecule has 1 saturated heterocycles. The molecule has 0 radical (unpaired) electrons. The summed E-state index contributed by atoms with van der Waals surface area (Å²) in [5, 5.41) is 2.28. The smallest absolute Gasteiger partial charge is 0.413 e. The standard InChI is InChI=1S/C17H19F2N4O6P/c1-11(24)21-14-7-8-23(16(25)22-14)15-17(18,19)9-13(28-15)10-27-30(20,26)29-12-5-3-2-4-6-12/h2-8,13,15H,9-10H2,1H3,(H2,20,26)(H,21,22,24,25). The third-order valence-electron chi connectivity index (χ3n) is 3.99. The van der Waals surface area contributed by atoms with Crippen molar-refractivity contribution in [2.24, 2.45) is 5.50 Å². The summed E-state index contributed by atoms with van der Waals surface area (Å²) in [7, 11) is -4.08. The van der Waals surface area contributed by atoms with Crippen LogP contribution in [0.15, 0.2) is 47.4 Å². The number of nitrogens with two attached hydrogens (primary N) is 1. The Hall–Kier alpha value is -2.66. The number of ether oxygens (including phenoxy) is 1. The van der Waals surface area contributed by atoms with Crippen LogP contribution in [0.1, 0.15) is 19.6 Å². The number of aromatic nitrogens is 2. The monoisotopic (exact) mass is 444 g/mol. The van der Waals surface area contributed by atoms with E-state index in [1.807, 2.05) is 0 Å². The van der Waals surface area contributed by atoms with Crippen LogP contribution in [0.5, 0.6) is 5.75 Å². The fourth-order valence-corrected chi connectivity index (χ4v) is 3.63. The number of hydrogen-bond acceptors (Lipinski definition) is 7. The van der Waals surface area contributed by atoms with Gasteiger partial charge in [-0.05, 0) is 18.2 Å². The predicted molar refractivity (Wildman–Crippen MR) is 101 cm³/mol. The van der Waals surface area contributed by atoms with Gasteiger partial charge in [0.25, 0.3) is 5.92 Å². The van der Waals surface area contributed by atoms with Gasteiger partial charge in [-0.3, -0.25) is 13.9 Å². The Kier molecular flexibility index (Phi) is 6.32. The van der Waals surface area contributed by atoms with Crippen molar-refractivity contribution in [3.8, 4) is 5.75 Å². The second-order valence-electron chi connectivity index (χ2n) is 6.50. The van der Waals surface area contributed by atoms with E-state index in [2.05, 4.69) is 10.3 Å². The molecule has 3 unspecified atom stereocenters. The number of rotatable bonds is 7. The summed E-state index contributed by atoms with van der Waals surface area (Å²) in [5.74, 6) is -3.79. The molecule has 162 valence electrons. The second kappa shape index (κ2) is 8.60. The fourth-order valence-electron chi connectivity index (χ4n) is 2.78. The SMILES string of the molecule is CC(=O)Nc1ccn(C2OC(COP(N)(=O)Oc3ccccc3)CC2(F)F)c(=O)n1. The van der Waals surface area contributed by atoms with Crippen LogP contribution in [0.25, 0.3) is 0 Å². The van der Waals surface area contributed by atoms with Gasteiger partial charge >= 0.3 is 13.4 Å². The summed E-state index contributed by atoms with van der Waals surface area (Å²) in [6.07, 6.45) is -2.93. The van der Waals surface area contributed by atoms with E-state index < -0.39 is 50.6 Å². The number of nitrogens with one attached hydrogen (secondary N) is 1. The van der Waals surface area contributed by atoms with E-state index in [0.29, 0.717) is 4.57 Å². The molecule has 1 aromatic heterocycles. The van der Waals surface area contributed by atoms with Crippen molar-refractivity contribution < 1.29 is 31.9 Å². The van der Waals surface area contributed by atoms with E-state index in [9.17, 15) is 22.9 Å². The molecule has 30 heavy (non-hydrogen) atoms. The molecule has 13 heteroatoms. The lowest BCUT2D eigenvalue weighted by atomic mass is 10.2. The third kappa shape index (κ3) is 5.48. The maximum atomic E-state index is 14.4. The largest absolute Gasteiger partial charge is 0.456 e. The van der Waals surface area contributed by atoms with E-state index in [1.54, 1.807) is 18.2 Å². The van der Waals surface area contributed by atoms with Crippen LogP contribution < -0.4 is 21.0 Å². The molecular formula is C17H19F2N4O6P. The van der Waals surface area contributed by atoms with Crippen LogP contribution in [-0.4, -0.2) is 34.1 Å². The van der Waals surface area contributed by atoms with Gasteiger partial charge in [-0.25, -0.2) is 23.6 Å².